The number of rotatable bonds is 4. The van der Waals surface area contributed by atoms with Crippen molar-refractivity contribution in [1.82, 2.24) is 14.3 Å². The summed E-state index contributed by atoms with van der Waals surface area (Å²) in [6, 6.07) is 3.61. The van der Waals surface area contributed by atoms with Gasteiger partial charge in [-0.05, 0) is 18.9 Å². The number of hydrogen-bond donors (Lipinski definition) is 0. The van der Waals surface area contributed by atoms with Crippen molar-refractivity contribution in [3.8, 4) is 5.88 Å². The minimum atomic E-state index is 0.0488. The van der Waals surface area contributed by atoms with Gasteiger partial charge in [-0.25, -0.2) is 9.97 Å². The summed E-state index contributed by atoms with van der Waals surface area (Å²) < 4.78 is 9.54. The van der Waals surface area contributed by atoms with Crippen LogP contribution in [0.15, 0.2) is 18.3 Å². The number of amides is 1. The second-order valence-corrected chi connectivity index (χ2v) is 6.46. The number of ether oxygens (including phenoxy) is 1. The molecule has 1 saturated heterocycles. The molecule has 1 saturated carbocycles. The summed E-state index contributed by atoms with van der Waals surface area (Å²) in [4.78, 5) is 25.0. The number of carbonyl (C=O) groups excluding carboxylic acids is 1. The minimum Gasteiger partial charge on any atom is -0.481 e. The monoisotopic (exact) mass is 331 g/mol. The van der Waals surface area contributed by atoms with Gasteiger partial charge in [0.05, 0.1) is 19.3 Å². The largest absolute Gasteiger partial charge is 0.481 e. The Labute approximate surface area is 138 Å². The molecule has 8 heteroatoms. The highest BCUT2D eigenvalue weighted by Gasteiger charge is 2.31. The van der Waals surface area contributed by atoms with Gasteiger partial charge in [0.25, 0.3) is 0 Å². The molecule has 1 amide bonds. The molecule has 1 aliphatic heterocycles. The highest BCUT2D eigenvalue weighted by molar-refractivity contribution is 7.09. The van der Waals surface area contributed by atoms with Gasteiger partial charge in [0.15, 0.2) is 0 Å². The fraction of sp³-hybridized carbons (Fsp3) is 0.467. The Hall–Kier alpha value is -2.22. The summed E-state index contributed by atoms with van der Waals surface area (Å²) in [5.74, 6) is 2.05. The first-order valence-corrected chi connectivity index (χ1v) is 8.41. The topological polar surface area (TPSA) is 71.5 Å². The number of hydrogen-bond acceptors (Lipinski definition) is 7. The zero-order valence-electron chi connectivity index (χ0n) is 12.8. The number of pyridine rings is 1. The van der Waals surface area contributed by atoms with Crippen molar-refractivity contribution in [2.45, 2.75) is 18.8 Å². The van der Waals surface area contributed by atoms with Gasteiger partial charge in [-0.1, -0.05) is 0 Å². The number of piperazine rings is 1. The fourth-order valence-corrected chi connectivity index (χ4v) is 3.42. The first kappa shape index (κ1) is 14.4. The molecule has 0 bridgehead atoms. The lowest BCUT2D eigenvalue weighted by molar-refractivity contribution is -0.117. The van der Waals surface area contributed by atoms with Gasteiger partial charge in [-0.2, -0.15) is 4.37 Å². The van der Waals surface area contributed by atoms with Gasteiger partial charge >= 0.3 is 0 Å². The molecule has 2 fully saturated rings. The Bertz CT molecular complexity index is 730. The summed E-state index contributed by atoms with van der Waals surface area (Å²) in [5.41, 5.74) is 0.817. The van der Waals surface area contributed by atoms with Crippen LogP contribution in [-0.4, -0.2) is 47.0 Å². The van der Waals surface area contributed by atoms with Gasteiger partial charge < -0.3 is 14.5 Å². The van der Waals surface area contributed by atoms with Crippen molar-refractivity contribution in [1.29, 1.82) is 0 Å². The van der Waals surface area contributed by atoms with Crippen LogP contribution in [0.4, 0.5) is 10.8 Å². The van der Waals surface area contributed by atoms with Crippen LogP contribution in [-0.2, 0) is 4.79 Å². The summed E-state index contributed by atoms with van der Waals surface area (Å²) in [7, 11) is 1.57. The third-order valence-corrected chi connectivity index (χ3v) is 4.90. The van der Waals surface area contributed by atoms with E-state index < -0.39 is 0 Å². The van der Waals surface area contributed by atoms with Crippen molar-refractivity contribution < 1.29 is 9.53 Å². The average Bonchev–Trinajstić information content (AvgIpc) is 3.32. The van der Waals surface area contributed by atoms with E-state index in [0.29, 0.717) is 24.9 Å². The van der Waals surface area contributed by atoms with Gasteiger partial charge in [0.1, 0.15) is 5.82 Å². The number of anilines is 2. The quantitative estimate of drug-likeness (QED) is 0.849. The molecule has 0 aromatic carbocycles. The van der Waals surface area contributed by atoms with E-state index in [0.717, 1.165) is 23.2 Å². The number of aromatic nitrogens is 3. The Kier molecular flexibility index (Phi) is 3.60. The minimum absolute atomic E-state index is 0.0488. The van der Waals surface area contributed by atoms with E-state index in [1.807, 2.05) is 11.0 Å². The zero-order chi connectivity index (χ0) is 15.8. The second kappa shape index (κ2) is 5.77. The van der Waals surface area contributed by atoms with Crippen LogP contribution in [0.3, 0.4) is 0 Å². The lowest BCUT2D eigenvalue weighted by Crippen LogP contribution is -2.50. The Morgan fingerprint density at radius 1 is 1.35 bits per heavy atom. The van der Waals surface area contributed by atoms with Crippen molar-refractivity contribution >= 4 is 28.3 Å². The average molecular weight is 331 g/mol. The second-order valence-electron chi connectivity index (χ2n) is 5.73. The fourth-order valence-electron chi connectivity index (χ4n) is 2.65. The van der Waals surface area contributed by atoms with Crippen LogP contribution in [0, 0.1) is 0 Å². The zero-order valence-corrected chi connectivity index (χ0v) is 13.6. The van der Waals surface area contributed by atoms with Crippen LogP contribution in [0.1, 0.15) is 24.6 Å². The molecule has 2 aromatic rings. The SMILES string of the molecule is COc1cc(N2CCN(c3nc(C4CC4)ns3)CC2=O)ccn1. The predicted octanol–water partition coefficient (Wildman–Crippen LogP) is 1.67. The van der Waals surface area contributed by atoms with Gasteiger partial charge in [0.2, 0.25) is 16.9 Å². The van der Waals surface area contributed by atoms with Crippen LogP contribution < -0.4 is 14.5 Å². The molecule has 2 aromatic heterocycles. The predicted molar refractivity (Wildman–Crippen MR) is 87.2 cm³/mol. The van der Waals surface area contributed by atoms with Gasteiger partial charge in [-0.3, -0.25) is 4.79 Å². The Morgan fingerprint density at radius 3 is 2.96 bits per heavy atom. The molecule has 1 aliphatic carbocycles. The van der Waals surface area contributed by atoms with Crippen LogP contribution >= 0.6 is 11.5 Å². The molecule has 4 rings (SSSR count). The summed E-state index contributed by atoms with van der Waals surface area (Å²) >= 11 is 1.39. The maximum atomic E-state index is 12.5. The maximum Gasteiger partial charge on any atom is 0.246 e. The van der Waals surface area contributed by atoms with Crippen molar-refractivity contribution in [3.05, 3.63) is 24.2 Å². The molecule has 7 nitrogen and oxygen atoms in total. The van der Waals surface area contributed by atoms with Gasteiger partial charge in [0, 0.05) is 42.8 Å². The Morgan fingerprint density at radius 2 is 2.22 bits per heavy atom. The molecule has 23 heavy (non-hydrogen) atoms. The first-order chi connectivity index (χ1) is 11.2. The number of nitrogens with zero attached hydrogens (tertiary/aromatic N) is 5. The number of carbonyl (C=O) groups is 1. The molecule has 3 heterocycles. The molecule has 0 radical (unpaired) electrons. The summed E-state index contributed by atoms with van der Waals surface area (Å²) in [6.07, 6.45) is 4.03. The maximum absolute atomic E-state index is 12.5. The smallest absolute Gasteiger partial charge is 0.246 e. The summed E-state index contributed by atoms with van der Waals surface area (Å²) in [5, 5.41) is 0.854. The van der Waals surface area contributed by atoms with Crippen LogP contribution in [0.25, 0.3) is 0 Å². The molecule has 0 unspecified atom stereocenters. The molecule has 0 N–H and O–H groups in total. The molecular weight excluding hydrogens is 314 g/mol. The van der Waals surface area contributed by atoms with E-state index in [1.54, 1.807) is 24.3 Å². The highest BCUT2D eigenvalue weighted by atomic mass is 32.1. The van der Waals surface area contributed by atoms with E-state index in [4.69, 9.17) is 4.74 Å². The normalized spacial score (nSPS) is 18.4. The van der Waals surface area contributed by atoms with E-state index >= 15 is 0 Å². The van der Waals surface area contributed by atoms with Crippen molar-refractivity contribution in [2.75, 3.05) is 36.5 Å². The molecule has 0 atom stereocenters. The van der Waals surface area contributed by atoms with E-state index in [2.05, 4.69) is 14.3 Å². The van der Waals surface area contributed by atoms with Crippen LogP contribution in [0.5, 0.6) is 5.88 Å². The molecule has 0 spiro atoms. The first-order valence-electron chi connectivity index (χ1n) is 7.63. The lowest BCUT2D eigenvalue weighted by atomic mass is 10.2. The van der Waals surface area contributed by atoms with E-state index in [9.17, 15) is 4.79 Å². The standard InChI is InChI=1S/C15H17N5O2S/c1-22-12-8-11(4-5-16-12)20-7-6-19(9-13(20)21)15-17-14(18-23-15)10-2-3-10/h4-5,8,10H,2-3,6-7,9H2,1H3. The highest BCUT2D eigenvalue weighted by Crippen LogP contribution is 2.39. The third-order valence-electron chi connectivity index (χ3n) is 4.10. The van der Waals surface area contributed by atoms with Crippen LogP contribution in [0.2, 0.25) is 0 Å². The molecular formula is C15H17N5O2S. The van der Waals surface area contributed by atoms with Gasteiger partial charge in [-0.15, -0.1) is 0 Å². The van der Waals surface area contributed by atoms with E-state index in [-0.39, 0.29) is 5.91 Å². The van der Waals surface area contributed by atoms with Crippen molar-refractivity contribution in [2.24, 2.45) is 0 Å². The third kappa shape index (κ3) is 2.86. The van der Waals surface area contributed by atoms with Crippen molar-refractivity contribution in [3.63, 3.8) is 0 Å². The number of methoxy groups -OCH3 is 1. The lowest BCUT2D eigenvalue weighted by Gasteiger charge is -2.33. The van der Waals surface area contributed by atoms with E-state index in [1.165, 1.54) is 24.4 Å². The Balaban J connectivity index is 1.47. The molecule has 120 valence electrons. The summed E-state index contributed by atoms with van der Waals surface area (Å²) in [6.45, 7) is 1.68. The molecule has 2 aliphatic rings.